The number of aromatic amines is 1. The highest BCUT2D eigenvalue weighted by Crippen LogP contribution is 2.29. The fourth-order valence-corrected chi connectivity index (χ4v) is 3.11. The number of carbonyl (C=O) groups is 1. The average molecular weight is 376 g/mol. The number of nitrogens with one attached hydrogen (secondary N) is 2. The summed E-state index contributed by atoms with van der Waals surface area (Å²) in [6.45, 7) is 2.08. The number of carbonyl (C=O) groups excluding carboxylic acids is 1. The number of hydrogen-bond donors (Lipinski definition) is 2. The minimum absolute atomic E-state index is 0.193. The maximum atomic E-state index is 12.6. The molecule has 4 rings (SSSR count). The molecule has 2 N–H and O–H groups in total. The first-order valence-electron chi connectivity index (χ1n) is 8.79. The topological polar surface area (TPSA) is 57.8 Å². The molecule has 0 radical (unpaired) electrons. The number of hydrogen-bond acceptors (Lipinski definition) is 2. The van der Waals surface area contributed by atoms with E-state index in [0.717, 1.165) is 28.8 Å². The molecular formula is C22H18ClN3O. The van der Waals surface area contributed by atoms with Crippen molar-refractivity contribution in [2.75, 3.05) is 5.32 Å². The minimum atomic E-state index is -0.193. The van der Waals surface area contributed by atoms with E-state index >= 15 is 0 Å². The van der Waals surface area contributed by atoms with Gasteiger partial charge in [0, 0.05) is 11.1 Å². The summed E-state index contributed by atoms with van der Waals surface area (Å²) in [4.78, 5) is 20.4. The fourth-order valence-electron chi connectivity index (χ4n) is 2.94. The number of H-pyrrole nitrogens is 1. The zero-order valence-corrected chi connectivity index (χ0v) is 15.5. The molecule has 1 heterocycles. The molecule has 0 saturated carbocycles. The van der Waals surface area contributed by atoms with Gasteiger partial charge in [-0.15, -0.1) is 0 Å². The summed E-state index contributed by atoms with van der Waals surface area (Å²) in [5, 5.41) is 3.38. The normalized spacial score (nSPS) is 10.9. The Morgan fingerprint density at radius 1 is 1.07 bits per heavy atom. The van der Waals surface area contributed by atoms with Gasteiger partial charge in [-0.2, -0.15) is 0 Å². The van der Waals surface area contributed by atoms with E-state index in [1.807, 2.05) is 60.7 Å². The number of nitrogens with zero attached hydrogens (tertiary/aromatic N) is 1. The van der Waals surface area contributed by atoms with Crippen molar-refractivity contribution >= 4 is 34.2 Å². The Bertz CT molecular complexity index is 1080. The van der Waals surface area contributed by atoms with E-state index < -0.39 is 0 Å². The molecule has 0 aliphatic carbocycles. The molecule has 0 aliphatic heterocycles. The average Bonchev–Trinajstić information content (AvgIpc) is 3.14. The highest BCUT2D eigenvalue weighted by atomic mass is 35.5. The lowest BCUT2D eigenvalue weighted by Gasteiger charge is -2.09. The minimum Gasteiger partial charge on any atom is -0.338 e. The first-order chi connectivity index (χ1) is 13.1. The molecule has 0 bridgehead atoms. The maximum absolute atomic E-state index is 12.6. The molecule has 0 unspecified atom stereocenters. The van der Waals surface area contributed by atoms with Gasteiger partial charge in [0.1, 0.15) is 5.82 Å². The maximum Gasteiger partial charge on any atom is 0.255 e. The summed E-state index contributed by atoms with van der Waals surface area (Å²) in [5.41, 5.74) is 5.05. The van der Waals surface area contributed by atoms with Crippen LogP contribution in [0.2, 0.25) is 5.02 Å². The fraction of sp³-hybridized carbons (Fsp3) is 0.0909. The van der Waals surface area contributed by atoms with Gasteiger partial charge in [-0.3, -0.25) is 4.79 Å². The number of imidazole rings is 1. The molecule has 4 nitrogen and oxygen atoms in total. The molecule has 0 atom stereocenters. The summed E-state index contributed by atoms with van der Waals surface area (Å²) in [6.07, 6.45) is 0.938. The second kappa shape index (κ2) is 7.25. The van der Waals surface area contributed by atoms with Gasteiger partial charge in [0.2, 0.25) is 0 Å². The summed E-state index contributed by atoms with van der Waals surface area (Å²) in [7, 11) is 0. The number of benzene rings is 3. The van der Waals surface area contributed by atoms with Crippen LogP contribution in [0.1, 0.15) is 22.8 Å². The third-order valence-corrected chi connectivity index (χ3v) is 4.83. The number of anilines is 1. The van der Waals surface area contributed by atoms with E-state index in [9.17, 15) is 4.79 Å². The highest BCUT2D eigenvalue weighted by molar-refractivity contribution is 6.34. The molecule has 1 aromatic heterocycles. The predicted octanol–water partition coefficient (Wildman–Crippen LogP) is 5.70. The molecular weight excluding hydrogens is 358 g/mol. The van der Waals surface area contributed by atoms with E-state index in [0.29, 0.717) is 16.3 Å². The van der Waals surface area contributed by atoms with Crippen molar-refractivity contribution in [2.45, 2.75) is 13.3 Å². The standard InChI is InChI=1S/C22H18ClN3O/c1-2-14-7-9-15(10-8-14)22(27)26-20-13-16(11-12-17(20)23)21-24-18-5-3-4-6-19(18)25-21/h3-13H,2H2,1H3,(H,24,25)(H,26,27). The lowest BCUT2D eigenvalue weighted by atomic mass is 10.1. The van der Waals surface area contributed by atoms with Crippen LogP contribution in [0.25, 0.3) is 22.4 Å². The van der Waals surface area contributed by atoms with Crippen LogP contribution in [0.3, 0.4) is 0 Å². The number of aromatic nitrogens is 2. The van der Waals surface area contributed by atoms with Crippen molar-refractivity contribution in [1.29, 1.82) is 0 Å². The van der Waals surface area contributed by atoms with Gasteiger partial charge in [0.25, 0.3) is 5.91 Å². The Morgan fingerprint density at radius 2 is 1.85 bits per heavy atom. The molecule has 4 aromatic rings. The first-order valence-corrected chi connectivity index (χ1v) is 9.17. The van der Waals surface area contributed by atoms with Crippen LogP contribution >= 0.6 is 11.6 Å². The van der Waals surface area contributed by atoms with Crippen LogP contribution in [0, 0.1) is 0 Å². The smallest absolute Gasteiger partial charge is 0.255 e. The SMILES string of the molecule is CCc1ccc(C(=O)Nc2cc(-c3nc4ccccc4[nH]3)ccc2Cl)cc1. The summed E-state index contributed by atoms with van der Waals surface area (Å²) < 4.78 is 0. The Labute approximate surface area is 162 Å². The van der Waals surface area contributed by atoms with E-state index in [2.05, 4.69) is 22.2 Å². The zero-order chi connectivity index (χ0) is 18.8. The van der Waals surface area contributed by atoms with Gasteiger partial charge in [-0.1, -0.05) is 42.8 Å². The number of para-hydroxylation sites is 2. The second-order valence-electron chi connectivity index (χ2n) is 6.30. The van der Waals surface area contributed by atoms with Crippen LogP contribution in [-0.4, -0.2) is 15.9 Å². The van der Waals surface area contributed by atoms with Crippen LogP contribution in [0.15, 0.2) is 66.7 Å². The zero-order valence-electron chi connectivity index (χ0n) is 14.8. The molecule has 0 saturated heterocycles. The molecule has 0 fully saturated rings. The van der Waals surface area contributed by atoms with Gasteiger partial charge in [0.15, 0.2) is 0 Å². The van der Waals surface area contributed by atoms with Crippen LogP contribution in [-0.2, 0) is 6.42 Å². The lowest BCUT2D eigenvalue weighted by Crippen LogP contribution is -2.12. The van der Waals surface area contributed by atoms with Crippen molar-refractivity contribution in [3.8, 4) is 11.4 Å². The van der Waals surface area contributed by atoms with Gasteiger partial charge in [0.05, 0.1) is 21.7 Å². The number of amides is 1. The van der Waals surface area contributed by atoms with Gasteiger partial charge < -0.3 is 10.3 Å². The molecule has 134 valence electrons. The quantitative estimate of drug-likeness (QED) is 0.480. The lowest BCUT2D eigenvalue weighted by molar-refractivity contribution is 0.102. The van der Waals surface area contributed by atoms with E-state index in [1.54, 1.807) is 6.07 Å². The second-order valence-corrected chi connectivity index (χ2v) is 6.71. The van der Waals surface area contributed by atoms with E-state index in [4.69, 9.17) is 11.6 Å². The van der Waals surface area contributed by atoms with Crippen LogP contribution in [0.4, 0.5) is 5.69 Å². The molecule has 0 aliphatic rings. The van der Waals surface area contributed by atoms with Crippen LogP contribution < -0.4 is 5.32 Å². The van der Waals surface area contributed by atoms with Crippen molar-refractivity contribution in [3.63, 3.8) is 0 Å². The first kappa shape index (κ1) is 17.3. The third kappa shape index (κ3) is 3.57. The Balaban J connectivity index is 1.62. The van der Waals surface area contributed by atoms with Gasteiger partial charge in [-0.05, 0) is 54.4 Å². The Kier molecular flexibility index (Phi) is 4.65. The van der Waals surface area contributed by atoms with Gasteiger partial charge >= 0.3 is 0 Å². The monoisotopic (exact) mass is 375 g/mol. The molecule has 5 heteroatoms. The van der Waals surface area contributed by atoms with E-state index in [1.165, 1.54) is 5.56 Å². The number of aryl methyl sites for hydroxylation is 1. The van der Waals surface area contributed by atoms with Crippen LogP contribution in [0.5, 0.6) is 0 Å². The van der Waals surface area contributed by atoms with E-state index in [-0.39, 0.29) is 5.91 Å². The Morgan fingerprint density at radius 3 is 2.59 bits per heavy atom. The van der Waals surface area contributed by atoms with Crippen molar-refractivity contribution < 1.29 is 4.79 Å². The largest absolute Gasteiger partial charge is 0.338 e. The molecule has 27 heavy (non-hydrogen) atoms. The third-order valence-electron chi connectivity index (χ3n) is 4.50. The van der Waals surface area contributed by atoms with Crippen molar-refractivity contribution in [3.05, 3.63) is 82.9 Å². The molecule has 1 amide bonds. The summed E-state index contributed by atoms with van der Waals surface area (Å²) in [5.74, 6) is 0.539. The molecule has 3 aromatic carbocycles. The molecule has 0 spiro atoms. The highest BCUT2D eigenvalue weighted by Gasteiger charge is 2.12. The number of rotatable bonds is 4. The summed E-state index contributed by atoms with van der Waals surface area (Å²) >= 11 is 6.30. The van der Waals surface area contributed by atoms with Crippen molar-refractivity contribution in [1.82, 2.24) is 9.97 Å². The van der Waals surface area contributed by atoms with Gasteiger partial charge in [-0.25, -0.2) is 4.98 Å². The van der Waals surface area contributed by atoms with Crippen molar-refractivity contribution in [2.24, 2.45) is 0 Å². The summed E-state index contributed by atoms with van der Waals surface area (Å²) in [6, 6.07) is 20.9. The predicted molar refractivity (Wildman–Crippen MR) is 110 cm³/mol. The Hall–Kier alpha value is -3.11. The number of halogens is 1. The number of fused-ring (bicyclic) bond motifs is 1.